The smallest absolute Gasteiger partial charge is 0.213 e. The molecule has 1 heterocycles. The van der Waals surface area contributed by atoms with Crippen molar-refractivity contribution in [2.45, 2.75) is 16.5 Å². The first-order valence-electron chi connectivity index (χ1n) is 4.76. The molecular weight excluding hydrogens is 381 g/mol. The van der Waals surface area contributed by atoms with Crippen LogP contribution < -0.4 is 0 Å². The van der Waals surface area contributed by atoms with Gasteiger partial charge in [0.2, 0.25) is 0 Å². The first kappa shape index (κ1) is 19.3. The molecule has 0 unspecified atom stereocenters. The van der Waals surface area contributed by atoms with Crippen LogP contribution in [0.5, 0.6) is 0 Å². The van der Waals surface area contributed by atoms with Crippen LogP contribution in [0, 0.1) is 0 Å². The highest BCUT2D eigenvalue weighted by Crippen LogP contribution is 2.42. The maximum absolute atomic E-state index is 12.2. The molecule has 0 N–H and O–H groups in total. The van der Waals surface area contributed by atoms with E-state index in [1.807, 2.05) is 0 Å². The Morgan fingerprint density at radius 3 is 0.810 bits per heavy atom. The molecule has 0 spiro atoms. The Morgan fingerprint density at radius 2 is 0.667 bits per heavy atom. The van der Waals surface area contributed by atoms with Crippen molar-refractivity contribution in [3.8, 4) is 0 Å². The minimum Gasteiger partial charge on any atom is -0.213 e. The van der Waals surface area contributed by atoms with Crippen LogP contribution in [0.3, 0.4) is 0 Å². The van der Waals surface area contributed by atoms with Gasteiger partial charge in [-0.05, 0) is 0 Å². The summed E-state index contributed by atoms with van der Waals surface area (Å²) in [5.41, 5.74) is -14.4. The SMILES string of the molecule is FC(F)(F)SN1CN(SC(F)(F)F)CN(SC(F)(F)F)C1. The number of alkyl halides is 9. The van der Waals surface area contributed by atoms with Gasteiger partial charge < -0.3 is 0 Å². The summed E-state index contributed by atoms with van der Waals surface area (Å²) in [7, 11) is 0. The molecule has 1 rings (SSSR count). The number of hydrogen-bond donors (Lipinski definition) is 0. The maximum atomic E-state index is 12.2. The summed E-state index contributed by atoms with van der Waals surface area (Å²) in [6.07, 6.45) is 0. The van der Waals surface area contributed by atoms with Crippen LogP contribution in [-0.4, -0.2) is 49.4 Å². The summed E-state index contributed by atoms with van der Waals surface area (Å²) >= 11 is -2.32. The third-order valence-corrected chi connectivity index (χ3v) is 3.73. The van der Waals surface area contributed by atoms with Gasteiger partial charge in [0.05, 0.1) is 20.0 Å². The largest absolute Gasteiger partial charge is 0.456 e. The standard InChI is InChI=1S/C6H6F9N3S3/c7-4(8,9)19-16-1-17(20-5(10,11)12)3-18(2-16)21-6(13,14)15/h1-3H2. The zero-order valence-corrected chi connectivity index (χ0v) is 12.0. The summed E-state index contributed by atoms with van der Waals surface area (Å²) in [6.45, 7) is -2.37. The highest BCUT2D eigenvalue weighted by molar-refractivity contribution is 7.99. The van der Waals surface area contributed by atoms with Crippen molar-refractivity contribution in [3.63, 3.8) is 0 Å². The maximum Gasteiger partial charge on any atom is 0.456 e. The van der Waals surface area contributed by atoms with Crippen LogP contribution in [0.25, 0.3) is 0 Å². The number of rotatable bonds is 3. The Labute approximate surface area is 125 Å². The van der Waals surface area contributed by atoms with Gasteiger partial charge in [-0.25, -0.2) is 12.9 Å². The van der Waals surface area contributed by atoms with Gasteiger partial charge >= 0.3 is 16.5 Å². The van der Waals surface area contributed by atoms with Crippen molar-refractivity contribution in [2.75, 3.05) is 20.0 Å². The lowest BCUT2D eigenvalue weighted by Gasteiger charge is -2.39. The number of halogens is 9. The summed E-state index contributed by atoms with van der Waals surface area (Å²) in [6, 6.07) is 0. The van der Waals surface area contributed by atoms with Gasteiger partial charge in [0, 0.05) is 35.8 Å². The van der Waals surface area contributed by atoms with E-state index in [-0.39, 0.29) is 0 Å². The van der Waals surface area contributed by atoms with Gasteiger partial charge in [-0.15, -0.1) is 0 Å². The lowest BCUT2D eigenvalue weighted by atomic mass is 10.8. The van der Waals surface area contributed by atoms with E-state index < -0.39 is 72.4 Å². The second-order valence-electron chi connectivity index (χ2n) is 3.48. The third kappa shape index (κ3) is 9.12. The average molecular weight is 387 g/mol. The van der Waals surface area contributed by atoms with E-state index in [9.17, 15) is 39.5 Å². The normalized spacial score (nSPS) is 21.0. The molecule has 0 bridgehead atoms. The van der Waals surface area contributed by atoms with Gasteiger partial charge in [0.25, 0.3) is 0 Å². The summed E-state index contributed by atoms with van der Waals surface area (Å²) in [5.74, 6) is 0. The predicted octanol–water partition coefficient (Wildman–Crippen LogP) is 4.28. The highest BCUT2D eigenvalue weighted by atomic mass is 32.2. The average Bonchev–Trinajstić information content (AvgIpc) is 2.06. The molecule has 3 nitrogen and oxygen atoms in total. The van der Waals surface area contributed by atoms with Crippen molar-refractivity contribution in [3.05, 3.63) is 0 Å². The summed E-state index contributed by atoms with van der Waals surface area (Å²) in [4.78, 5) is 0. The molecule has 0 aromatic heterocycles. The van der Waals surface area contributed by atoms with Crippen LogP contribution in [0.4, 0.5) is 39.5 Å². The van der Waals surface area contributed by atoms with Crippen LogP contribution in [0.2, 0.25) is 0 Å². The molecule has 1 fully saturated rings. The third-order valence-electron chi connectivity index (χ3n) is 1.64. The van der Waals surface area contributed by atoms with E-state index in [0.29, 0.717) is 12.9 Å². The molecule has 0 saturated carbocycles. The Hall–Kier alpha value is 0.300. The van der Waals surface area contributed by atoms with Crippen molar-refractivity contribution >= 4 is 35.8 Å². The molecule has 1 aliphatic rings. The topological polar surface area (TPSA) is 9.72 Å². The van der Waals surface area contributed by atoms with E-state index in [1.165, 1.54) is 0 Å². The lowest BCUT2D eigenvalue weighted by Crippen LogP contribution is -2.49. The molecule has 0 atom stereocenters. The Morgan fingerprint density at radius 1 is 0.476 bits per heavy atom. The molecular formula is C6H6F9N3S3. The van der Waals surface area contributed by atoms with E-state index >= 15 is 0 Å². The van der Waals surface area contributed by atoms with Crippen molar-refractivity contribution < 1.29 is 39.5 Å². The summed E-state index contributed by atoms with van der Waals surface area (Å²) < 4.78 is 111. The van der Waals surface area contributed by atoms with Crippen LogP contribution in [0.1, 0.15) is 0 Å². The van der Waals surface area contributed by atoms with Gasteiger partial charge in [0.15, 0.2) is 0 Å². The minimum atomic E-state index is -4.81. The monoisotopic (exact) mass is 387 g/mol. The Kier molecular flexibility index (Phi) is 6.28. The highest BCUT2D eigenvalue weighted by Gasteiger charge is 2.42. The second kappa shape index (κ2) is 6.82. The lowest BCUT2D eigenvalue weighted by molar-refractivity contribution is -0.0447. The molecule has 21 heavy (non-hydrogen) atoms. The molecule has 1 aliphatic heterocycles. The van der Waals surface area contributed by atoms with Gasteiger partial charge in [0.1, 0.15) is 0 Å². The van der Waals surface area contributed by atoms with E-state index in [2.05, 4.69) is 0 Å². The molecule has 0 aromatic rings. The quantitative estimate of drug-likeness (QED) is 0.525. The number of nitrogens with zero attached hydrogens (tertiary/aromatic N) is 3. The molecule has 0 aliphatic carbocycles. The van der Waals surface area contributed by atoms with Crippen molar-refractivity contribution in [2.24, 2.45) is 0 Å². The van der Waals surface area contributed by atoms with Crippen molar-refractivity contribution in [1.82, 2.24) is 12.9 Å². The Balaban J connectivity index is 2.73. The zero-order valence-electron chi connectivity index (χ0n) is 9.59. The molecule has 0 amide bonds. The molecule has 1 saturated heterocycles. The molecule has 15 heteroatoms. The van der Waals surface area contributed by atoms with Crippen molar-refractivity contribution in [1.29, 1.82) is 0 Å². The van der Waals surface area contributed by atoms with Crippen LogP contribution in [0.15, 0.2) is 0 Å². The Bertz CT molecular complexity index is 285. The fourth-order valence-electron chi connectivity index (χ4n) is 1.27. The van der Waals surface area contributed by atoms with Crippen LogP contribution in [-0.2, 0) is 0 Å². The predicted molar refractivity (Wildman–Crippen MR) is 61.1 cm³/mol. The second-order valence-corrected chi connectivity index (χ2v) is 6.97. The first-order chi connectivity index (χ1) is 9.23. The minimum absolute atomic E-state index is 0.362. The van der Waals surface area contributed by atoms with E-state index in [4.69, 9.17) is 0 Å². The molecule has 126 valence electrons. The fraction of sp³-hybridized carbons (Fsp3) is 1.00. The zero-order chi connectivity index (χ0) is 16.5. The first-order valence-corrected chi connectivity index (χ1v) is 7.08. The van der Waals surface area contributed by atoms with Gasteiger partial charge in [-0.3, -0.25) is 0 Å². The van der Waals surface area contributed by atoms with Crippen LogP contribution >= 0.6 is 35.8 Å². The fourth-order valence-corrected chi connectivity index (χ4v) is 3.55. The summed E-state index contributed by atoms with van der Waals surface area (Å²) in [5, 5.41) is 0. The number of hydrogen-bond acceptors (Lipinski definition) is 6. The molecule has 0 aromatic carbocycles. The van der Waals surface area contributed by atoms with Gasteiger partial charge in [-0.1, -0.05) is 0 Å². The molecule has 0 radical (unpaired) electrons. The van der Waals surface area contributed by atoms with E-state index in [0.717, 1.165) is 0 Å². The van der Waals surface area contributed by atoms with E-state index in [1.54, 1.807) is 0 Å². The van der Waals surface area contributed by atoms with Gasteiger partial charge in [-0.2, -0.15) is 39.5 Å².